The number of carbonyl (C=O) groups excluding carboxylic acids is 1. The zero-order valence-electron chi connectivity index (χ0n) is 10.4. The van der Waals surface area contributed by atoms with Crippen molar-refractivity contribution >= 4 is 11.9 Å². The lowest BCUT2D eigenvalue weighted by Gasteiger charge is -2.31. The van der Waals surface area contributed by atoms with Crippen LogP contribution in [0.5, 0.6) is 0 Å². The number of carboxylic acids is 1. The average Bonchev–Trinajstić information content (AvgIpc) is 2.60. The minimum Gasteiger partial charge on any atom is -0.480 e. The highest BCUT2D eigenvalue weighted by molar-refractivity contribution is 5.90. The van der Waals surface area contributed by atoms with Gasteiger partial charge in [-0.15, -0.1) is 0 Å². The standard InChI is InChI=1S/C11H20N2O4/c1-10(2,3)7(8(14)15)13-9(16)11(12)4-5-17-6-11/h7H,4-6,12H2,1-3H3,(H,13,16)(H,14,15)/t7-,11?/m1/s1. The van der Waals surface area contributed by atoms with Gasteiger partial charge in [-0.2, -0.15) is 0 Å². The van der Waals surface area contributed by atoms with Crippen molar-refractivity contribution in [2.45, 2.75) is 38.8 Å². The maximum absolute atomic E-state index is 11.9. The Morgan fingerprint density at radius 2 is 2.06 bits per heavy atom. The van der Waals surface area contributed by atoms with Crippen LogP contribution in [0.2, 0.25) is 0 Å². The summed E-state index contributed by atoms with van der Waals surface area (Å²) in [5, 5.41) is 11.6. The average molecular weight is 244 g/mol. The zero-order valence-corrected chi connectivity index (χ0v) is 10.4. The lowest BCUT2D eigenvalue weighted by Crippen LogP contribution is -2.60. The molecule has 1 unspecified atom stereocenters. The number of carbonyl (C=O) groups is 2. The van der Waals surface area contributed by atoms with Crippen molar-refractivity contribution < 1.29 is 19.4 Å². The normalized spacial score (nSPS) is 26.6. The van der Waals surface area contributed by atoms with Gasteiger partial charge in [0.15, 0.2) is 0 Å². The molecule has 6 nitrogen and oxygen atoms in total. The van der Waals surface area contributed by atoms with Crippen LogP contribution in [0.4, 0.5) is 0 Å². The smallest absolute Gasteiger partial charge is 0.326 e. The molecule has 1 amide bonds. The quantitative estimate of drug-likeness (QED) is 0.633. The number of ether oxygens (including phenoxy) is 1. The molecule has 1 heterocycles. The van der Waals surface area contributed by atoms with Crippen LogP contribution in [0.1, 0.15) is 27.2 Å². The SMILES string of the molecule is CC(C)(C)[C@H](NC(=O)C1(N)CCOC1)C(=O)O. The van der Waals surface area contributed by atoms with E-state index >= 15 is 0 Å². The molecule has 0 spiro atoms. The molecule has 1 aliphatic rings. The molecule has 98 valence electrons. The second-order valence-electron chi connectivity index (χ2n) is 5.57. The highest BCUT2D eigenvalue weighted by atomic mass is 16.5. The van der Waals surface area contributed by atoms with Gasteiger partial charge in [-0.3, -0.25) is 4.79 Å². The van der Waals surface area contributed by atoms with E-state index in [4.69, 9.17) is 15.6 Å². The van der Waals surface area contributed by atoms with Crippen LogP contribution >= 0.6 is 0 Å². The summed E-state index contributed by atoms with van der Waals surface area (Å²) in [7, 11) is 0. The van der Waals surface area contributed by atoms with Gasteiger partial charge >= 0.3 is 5.97 Å². The van der Waals surface area contributed by atoms with E-state index in [2.05, 4.69) is 5.32 Å². The molecule has 17 heavy (non-hydrogen) atoms. The number of rotatable bonds is 3. The topological polar surface area (TPSA) is 102 Å². The number of hydrogen-bond donors (Lipinski definition) is 3. The Morgan fingerprint density at radius 1 is 1.47 bits per heavy atom. The van der Waals surface area contributed by atoms with Crippen LogP contribution in [0.25, 0.3) is 0 Å². The molecule has 1 aliphatic heterocycles. The first-order valence-corrected chi connectivity index (χ1v) is 5.57. The fraction of sp³-hybridized carbons (Fsp3) is 0.818. The highest BCUT2D eigenvalue weighted by Gasteiger charge is 2.42. The summed E-state index contributed by atoms with van der Waals surface area (Å²) in [5.41, 5.74) is 4.19. The van der Waals surface area contributed by atoms with E-state index in [0.717, 1.165) is 0 Å². The zero-order chi connectivity index (χ0) is 13.3. The van der Waals surface area contributed by atoms with Gasteiger partial charge in [0.2, 0.25) is 5.91 Å². The second-order valence-corrected chi connectivity index (χ2v) is 5.57. The van der Waals surface area contributed by atoms with Crippen molar-refractivity contribution in [1.29, 1.82) is 0 Å². The molecular weight excluding hydrogens is 224 g/mol. The van der Waals surface area contributed by atoms with Crippen molar-refractivity contribution in [3.05, 3.63) is 0 Å². The molecule has 4 N–H and O–H groups in total. The molecule has 1 rings (SSSR count). The fourth-order valence-electron chi connectivity index (χ4n) is 1.68. The van der Waals surface area contributed by atoms with Crippen LogP contribution in [-0.4, -0.2) is 41.8 Å². The number of nitrogens with one attached hydrogen (secondary N) is 1. The summed E-state index contributed by atoms with van der Waals surface area (Å²) in [5.74, 6) is -1.52. The molecule has 0 aromatic heterocycles. The monoisotopic (exact) mass is 244 g/mol. The summed E-state index contributed by atoms with van der Waals surface area (Å²) >= 11 is 0. The van der Waals surface area contributed by atoms with E-state index in [1.807, 2.05) is 0 Å². The van der Waals surface area contributed by atoms with Crippen molar-refractivity contribution in [3.8, 4) is 0 Å². The van der Waals surface area contributed by atoms with Gasteiger partial charge in [0.1, 0.15) is 11.6 Å². The third-order valence-electron chi connectivity index (χ3n) is 2.89. The third kappa shape index (κ3) is 3.17. The molecule has 6 heteroatoms. The molecule has 2 atom stereocenters. The third-order valence-corrected chi connectivity index (χ3v) is 2.89. The van der Waals surface area contributed by atoms with Crippen molar-refractivity contribution in [2.24, 2.45) is 11.1 Å². The Labute approximate surface area is 101 Å². The van der Waals surface area contributed by atoms with Crippen LogP contribution < -0.4 is 11.1 Å². The molecule has 1 fully saturated rings. The van der Waals surface area contributed by atoms with Crippen molar-refractivity contribution in [1.82, 2.24) is 5.32 Å². The summed E-state index contributed by atoms with van der Waals surface area (Å²) in [6, 6.07) is -0.962. The van der Waals surface area contributed by atoms with Crippen LogP contribution in [0, 0.1) is 5.41 Å². The number of hydrogen-bond acceptors (Lipinski definition) is 4. The Kier molecular flexibility index (Phi) is 3.78. The lowest BCUT2D eigenvalue weighted by atomic mass is 9.86. The molecule has 0 bridgehead atoms. The first-order chi connectivity index (χ1) is 7.67. The Bertz CT molecular complexity index is 316. The van der Waals surface area contributed by atoms with E-state index in [-0.39, 0.29) is 6.61 Å². The molecule has 0 aromatic carbocycles. The van der Waals surface area contributed by atoms with E-state index in [1.165, 1.54) is 0 Å². The first-order valence-electron chi connectivity index (χ1n) is 5.57. The Balaban J connectivity index is 2.75. The largest absolute Gasteiger partial charge is 0.480 e. The Hall–Kier alpha value is -1.14. The van der Waals surface area contributed by atoms with E-state index < -0.39 is 28.9 Å². The molecular formula is C11H20N2O4. The minimum atomic E-state index is -1.10. The highest BCUT2D eigenvalue weighted by Crippen LogP contribution is 2.22. The maximum atomic E-state index is 11.9. The number of nitrogens with two attached hydrogens (primary N) is 1. The van der Waals surface area contributed by atoms with Gasteiger partial charge in [0.05, 0.1) is 6.61 Å². The van der Waals surface area contributed by atoms with Gasteiger partial charge < -0.3 is 20.9 Å². The number of aliphatic carboxylic acids is 1. The Morgan fingerprint density at radius 3 is 2.41 bits per heavy atom. The summed E-state index contributed by atoms with van der Waals surface area (Å²) in [6.07, 6.45) is 0.412. The molecule has 0 radical (unpaired) electrons. The molecule has 0 aliphatic carbocycles. The predicted octanol–water partition coefficient (Wildman–Crippen LogP) is -0.280. The number of carboxylic acid groups (broad SMARTS) is 1. The predicted molar refractivity (Wildman–Crippen MR) is 61.4 cm³/mol. The van der Waals surface area contributed by atoms with Crippen LogP contribution in [-0.2, 0) is 14.3 Å². The number of amides is 1. The van der Waals surface area contributed by atoms with Gasteiger partial charge in [-0.1, -0.05) is 20.8 Å². The maximum Gasteiger partial charge on any atom is 0.326 e. The van der Waals surface area contributed by atoms with E-state index in [9.17, 15) is 9.59 Å². The van der Waals surface area contributed by atoms with Gasteiger partial charge in [0.25, 0.3) is 0 Å². The van der Waals surface area contributed by atoms with Gasteiger partial charge in [-0.25, -0.2) is 4.79 Å². The van der Waals surface area contributed by atoms with Gasteiger partial charge in [-0.05, 0) is 11.8 Å². The van der Waals surface area contributed by atoms with Crippen LogP contribution in [0.3, 0.4) is 0 Å². The first kappa shape index (κ1) is 13.9. The molecule has 0 saturated carbocycles. The molecule has 1 saturated heterocycles. The summed E-state index contributed by atoms with van der Waals surface area (Å²) < 4.78 is 5.08. The van der Waals surface area contributed by atoms with E-state index in [1.54, 1.807) is 20.8 Å². The van der Waals surface area contributed by atoms with Crippen LogP contribution in [0.15, 0.2) is 0 Å². The summed E-state index contributed by atoms with van der Waals surface area (Å²) in [6.45, 7) is 5.81. The fourth-order valence-corrected chi connectivity index (χ4v) is 1.68. The lowest BCUT2D eigenvalue weighted by molar-refractivity contribution is -0.145. The van der Waals surface area contributed by atoms with Gasteiger partial charge in [0, 0.05) is 6.61 Å². The van der Waals surface area contributed by atoms with Crippen molar-refractivity contribution in [2.75, 3.05) is 13.2 Å². The molecule has 0 aromatic rings. The van der Waals surface area contributed by atoms with E-state index in [0.29, 0.717) is 13.0 Å². The van der Waals surface area contributed by atoms with Crippen molar-refractivity contribution in [3.63, 3.8) is 0 Å². The summed E-state index contributed by atoms with van der Waals surface area (Å²) in [4.78, 5) is 23.1. The second kappa shape index (κ2) is 4.62. The minimum absolute atomic E-state index is 0.134.